The Hall–Kier alpha value is -2.34. The second kappa shape index (κ2) is 7.28. The molecule has 2 aromatic rings. The molecule has 1 atom stereocenters. The van der Waals surface area contributed by atoms with E-state index in [-0.39, 0.29) is 16.8 Å². The average Bonchev–Trinajstić information content (AvgIpc) is 2.51. The van der Waals surface area contributed by atoms with E-state index in [1.807, 2.05) is 39.0 Å². The number of carbonyl (C=O) groups excluding carboxylic acids is 1. The van der Waals surface area contributed by atoms with Crippen LogP contribution in [0, 0.1) is 24.0 Å². The van der Waals surface area contributed by atoms with Crippen molar-refractivity contribution in [1.29, 1.82) is 0 Å². The van der Waals surface area contributed by atoms with Crippen molar-refractivity contribution in [3.63, 3.8) is 0 Å². The van der Waals surface area contributed by atoms with E-state index in [0.29, 0.717) is 0 Å². The van der Waals surface area contributed by atoms with E-state index in [4.69, 9.17) is 0 Å². The molecule has 2 aromatic carbocycles. The molecule has 0 aliphatic carbocycles. The number of rotatable bonds is 5. The molecule has 0 aromatic heterocycles. The number of hydrogen-bond acceptors (Lipinski definition) is 4. The highest BCUT2D eigenvalue weighted by Gasteiger charge is 2.15. The van der Waals surface area contributed by atoms with Crippen LogP contribution in [0.2, 0.25) is 0 Å². The zero-order valence-corrected chi connectivity index (χ0v) is 14.0. The Bertz CT molecular complexity index is 729. The van der Waals surface area contributed by atoms with E-state index in [1.165, 1.54) is 29.5 Å². The van der Waals surface area contributed by atoms with E-state index in [1.54, 1.807) is 12.1 Å². The molecule has 6 heteroatoms. The van der Waals surface area contributed by atoms with Gasteiger partial charge in [-0.1, -0.05) is 6.07 Å². The number of nitrogens with one attached hydrogen (secondary N) is 1. The Balaban J connectivity index is 1.99. The molecule has 0 aliphatic rings. The molecule has 0 bridgehead atoms. The van der Waals surface area contributed by atoms with Crippen LogP contribution in [-0.4, -0.2) is 16.1 Å². The van der Waals surface area contributed by atoms with Gasteiger partial charge in [0, 0.05) is 22.7 Å². The number of anilines is 1. The summed E-state index contributed by atoms with van der Waals surface area (Å²) in [4.78, 5) is 23.3. The smallest absolute Gasteiger partial charge is 0.269 e. The number of thioether (sulfide) groups is 1. The van der Waals surface area contributed by atoms with E-state index >= 15 is 0 Å². The van der Waals surface area contributed by atoms with Crippen molar-refractivity contribution in [2.24, 2.45) is 0 Å². The zero-order chi connectivity index (χ0) is 17.0. The van der Waals surface area contributed by atoms with Gasteiger partial charge in [0.1, 0.15) is 0 Å². The molecule has 0 saturated carbocycles. The van der Waals surface area contributed by atoms with Gasteiger partial charge in [0.05, 0.1) is 10.2 Å². The van der Waals surface area contributed by atoms with Crippen molar-refractivity contribution < 1.29 is 9.72 Å². The predicted octanol–water partition coefficient (Wildman–Crippen LogP) is 4.33. The number of benzene rings is 2. The number of nitro benzene ring substituents is 1. The Morgan fingerprint density at radius 3 is 2.35 bits per heavy atom. The van der Waals surface area contributed by atoms with Crippen molar-refractivity contribution in [3.05, 3.63) is 63.7 Å². The lowest BCUT2D eigenvalue weighted by Crippen LogP contribution is -2.22. The summed E-state index contributed by atoms with van der Waals surface area (Å²) in [6.45, 7) is 5.83. The molecule has 1 amide bonds. The van der Waals surface area contributed by atoms with Crippen LogP contribution >= 0.6 is 11.8 Å². The molecule has 0 radical (unpaired) electrons. The van der Waals surface area contributed by atoms with Gasteiger partial charge >= 0.3 is 0 Å². The van der Waals surface area contributed by atoms with Gasteiger partial charge in [-0.3, -0.25) is 14.9 Å². The van der Waals surface area contributed by atoms with Gasteiger partial charge in [-0.25, -0.2) is 0 Å². The molecule has 0 unspecified atom stereocenters. The van der Waals surface area contributed by atoms with Crippen LogP contribution in [0.5, 0.6) is 0 Å². The summed E-state index contributed by atoms with van der Waals surface area (Å²) in [6.07, 6.45) is 0. The highest BCUT2D eigenvalue weighted by atomic mass is 32.2. The van der Waals surface area contributed by atoms with Crippen molar-refractivity contribution in [2.45, 2.75) is 30.9 Å². The quantitative estimate of drug-likeness (QED) is 0.503. The van der Waals surface area contributed by atoms with Gasteiger partial charge < -0.3 is 5.32 Å². The van der Waals surface area contributed by atoms with Crippen LogP contribution < -0.4 is 5.32 Å². The summed E-state index contributed by atoms with van der Waals surface area (Å²) in [5.41, 5.74) is 3.12. The molecule has 5 nitrogen and oxygen atoms in total. The topological polar surface area (TPSA) is 72.2 Å². The lowest BCUT2D eigenvalue weighted by atomic mass is 10.1. The molecule has 0 aliphatic heterocycles. The first-order valence-electron chi connectivity index (χ1n) is 7.16. The molecule has 0 saturated heterocycles. The summed E-state index contributed by atoms with van der Waals surface area (Å²) in [6, 6.07) is 12.0. The summed E-state index contributed by atoms with van der Waals surface area (Å²) in [7, 11) is 0. The third kappa shape index (κ3) is 4.56. The third-order valence-corrected chi connectivity index (χ3v) is 4.62. The molecular weight excluding hydrogens is 312 g/mol. The fourth-order valence-corrected chi connectivity index (χ4v) is 2.83. The van der Waals surface area contributed by atoms with Gasteiger partial charge in [-0.05, 0) is 56.2 Å². The lowest BCUT2D eigenvalue weighted by Gasteiger charge is -2.13. The first kappa shape index (κ1) is 17.0. The van der Waals surface area contributed by atoms with Crippen LogP contribution in [0.4, 0.5) is 11.4 Å². The normalized spacial score (nSPS) is 11.8. The van der Waals surface area contributed by atoms with Gasteiger partial charge in [0.15, 0.2) is 0 Å². The first-order valence-corrected chi connectivity index (χ1v) is 8.04. The SMILES string of the molecule is Cc1ccc(NC(=O)[C@H](C)Sc2ccc([N+](=O)[O-])cc2)cc1C. The van der Waals surface area contributed by atoms with E-state index < -0.39 is 4.92 Å². The number of carbonyl (C=O) groups is 1. The van der Waals surface area contributed by atoms with Crippen LogP contribution in [0.15, 0.2) is 47.4 Å². The number of non-ortho nitro benzene ring substituents is 1. The van der Waals surface area contributed by atoms with Gasteiger partial charge in [0.25, 0.3) is 5.69 Å². The monoisotopic (exact) mass is 330 g/mol. The lowest BCUT2D eigenvalue weighted by molar-refractivity contribution is -0.384. The number of aryl methyl sites for hydroxylation is 2. The predicted molar refractivity (Wildman–Crippen MR) is 93.0 cm³/mol. The molecule has 2 rings (SSSR count). The highest BCUT2D eigenvalue weighted by molar-refractivity contribution is 8.00. The fourth-order valence-electron chi connectivity index (χ4n) is 1.97. The molecule has 120 valence electrons. The standard InChI is InChI=1S/C17H18N2O3S/c1-11-4-5-14(10-12(11)2)18-17(20)13(3)23-16-8-6-15(7-9-16)19(21)22/h4-10,13H,1-3H3,(H,18,20)/t13-/m0/s1. The number of nitro groups is 1. The summed E-state index contributed by atoms with van der Waals surface area (Å²) in [5.74, 6) is -0.100. The maximum atomic E-state index is 12.2. The van der Waals surface area contributed by atoms with Crippen molar-refractivity contribution in [1.82, 2.24) is 0 Å². The van der Waals surface area contributed by atoms with Crippen molar-refractivity contribution in [2.75, 3.05) is 5.32 Å². The van der Waals surface area contributed by atoms with Crippen LogP contribution in [0.3, 0.4) is 0 Å². The van der Waals surface area contributed by atoms with Crippen LogP contribution in [0.25, 0.3) is 0 Å². The Kier molecular flexibility index (Phi) is 5.39. The fraction of sp³-hybridized carbons (Fsp3) is 0.235. The molecule has 0 fully saturated rings. The van der Waals surface area contributed by atoms with Gasteiger partial charge in [0.2, 0.25) is 5.91 Å². The number of nitrogens with zero attached hydrogens (tertiary/aromatic N) is 1. The van der Waals surface area contributed by atoms with E-state index in [0.717, 1.165) is 16.1 Å². The maximum absolute atomic E-state index is 12.2. The van der Waals surface area contributed by atoms with Crippen molar-refractivity contribution >= 4 is 29.0 Å². The molecule has 0 spiro atoms. The maximum Gasteiger partial charge on any atom is 0.269 e. The van der Waals surface area contributed by atoms with Crippen molar-refractivity contribution in [3.8, 4) is 0 Å². The third-order valence-electron chi connectivity index (χ3n) is 3.50. The van der Waals surface area contributed by atoms with Crippen LogP contribution in [0.1, 0.15) is 18.1 Å². The minimum absolute atomic E-state index is 0.0431. The largest absolute Gasteiger partial charge is 0.325 e. The number of amides is 1. The summed E-state index contributed by atoms with van der Waals surface area (Å²) >= 11 is 1.36. The summed E-state index contributed by atoms with van der Waals surface area (Å²) < 4.78 is 0. The molecule has 23 heavy (non-hydrogen) atoms. The first-order chi connectivity index (χ1) is 10.9. The second-order valence-corrected chi connectivity index (χ2v) is 6.71. The van der Waals surface area contributed by atoms with Gasteiger partial charge in [-0.2, -0.15) is 0 Å². The molecule has 1 N–H and O–H groups in total. The van der Waals surface area contributed by atoms with Gasteiger partial charge in [-0.15, -0.1) is 11.8 Å². The highest BCUT2D eigenvalue weighted by Crippen LogP contribution is 2.26. The summed E-state index contributed by atoms with van der Waals surface area (Å²) in [5, 5.41) is 13.2. The second-order valence-electron chi connectivity index (χ2n) is 5.30. The zero-order valence-electron chi connectivity index (χ0n) is 13.2. The van der Waals surface area contributed by atoms with E-state index in [9.17, 15) is 14.9 Å². The number of hydrogen-bond donors (Lipinski definition) is 1. The Labute approximate surface area is 139 Å². The molecule has 0 heterocycles. The average molecular weight is 330 g/mol. The van der Waals surface area contributed by atoms with E-state index in [2.05, 4.69) is 5.32 Å². The minimum Gasteiger partial charge on any atom is -0.325 e. The Morgan fingerprint density at radius 2 is 1.78 bits per heavy atom. The molecular formula is C17H18N2O3S. The Morgan fingerprint density at radius 1 is 1.13 bits per heavy atom. The van der Waals surface area contributed by atoms with Crippen LogP contribution in [-0.2, 0) is 4.79 Å². The minimum atomic E-state index is -0.440.